The number of hydrogen-bond acceptors (Lipinski definition) is 2. The summed E-state index contributed by atoms with van der Waals surface area (Å²) in [6.07, 6.45) is 0. The second kappa shape index (κ2) is 5.52. The predicted molar refractivity (Wildman–Crippen MR) is 64.7 cm³/mol. The average Bonchev–Trinajstić information content (AvgIpc) is 2.66. The van der Waals surface area contributed by atoms with Crippen molar-refractivity contribution in [3.63, 3.8) is 0 Å². The van der Waals surface area contributed by atoms with Gasteiger partial charge in [-0.3, -0.25) is 0 Å². The van der Waals surface area contributed by atoms with E-state index in [2.05, 4.69) is 50.5 Å². The number of thiophene rings is 1. The van der Waals surface area contributed by atoms with Crippen molar-refractivity contribution >= 4 is 11.3 Å². The topological polar surface area (TPSA) is 12.0 Å². The first-order chi connectivity index (χ1) is 6.61. The zero-order chi connectivity index (χ0) is 10.6. The molecule has 0 aliphatic heterocycles. The first-order valence-electron chi connectivity index (χ1n) is 5.38. The highest BCUT2D eigenvalue weighted by molar-refractivity contribution is 7.10. The SMILES string of the molecule is CC(NCC(C)C(C)C)c1cccs1. The van der Waals surface area contributed by atoms with E-state index < -0.39 is 0 Å². The molecule has 80 valence electrons. The summed E-state index contributed by atoms with van der Waals surface area (Å²) in [5.74, 6) is 1.51. The summed E-state index contributed by atoms with van der Waals surface area (Å²) in [7, 11) is 0. The van der Waals surface area contributed by atoms with Gasteiger partial charge in [-0.25, -0.2) is 0 Å². The highest BCUT2D eigenvalue weighted by Crippen LogP contribution is 2.19. The van der Waals surface area contributed by atoms with Crippen molar-refractivity contribution in [1.29, 1.82) is 0 Å². The highest BCUT2D eigenvalue weighted by atomic mass is 32.1. The fraction of sp³-hybridized carbons (Fsp3) is 0.667. The molecule has 2 heteroatoms. The van der Waals surface area contributed by atoms with Crippen LogP contribution in [0.15, 0.2) is 17.5 Å². The third-order valence-electron chi connectivity index (χ3n) is 2.85. The summed E-state index contributed by atoms with van der Waals surface area (Å²) >= 11 is 1.83. The molecule has 0 fully saturated rings. The molecule has 0 bridgehead atoms. The number of rotatable bonds is 5. The zero-order valence-electron chi connectivity index (χ0n) is 9.58. The van der Waals surface area contributed by atoms with Gasteiger partial charge in [-0.1, -0.05) is 26.8 Å². The Hall–Kier alpha value is -0.340. The summed E-state index contributed by atoms with van der Waals surface area (Å²) in [5.41, 5.74) is 0. The maximum absolute atomic E-state index is 3.58. The van der Waals surface area contributed by atoms with Gasteiger partial charge in [0.05, 0.1) is 0 Å². The quantitative estimate of drug-likeness (QED) is 0.783. The van der Waals surface area contributed by atoms with Crippen molar-refractivity contribution in [2.45, 2.75) is 33.7 Å². The normalized spacial score (nSPS) is 15.8. The molecular weight excluding hydrogens is 190 g/mol. The highest BCUT2D eigenvalue weighted by Gasteiger charge is 2.10. The molecule has 0 amide bonds. The second-order valence-electron chi connectivity index (χ2n) is 4.37. The smallest absolute Gasteiger partial charge is 0.0386 e. The Morgan fingerprint density at radius 3 is 2.50 bits per heavy atom. The third-order valence-corrected chi connectivity index (χ3v) is 3.91. The molecular formula is C12H21NS. The molecule has 0 aromatic carbocycles. The molecule has 0 aliphatic rings. The molecule has 1 aromatic rings. The van der Waals surface area contributed by atoms with Gasteiger partial charge in [0, 0.05) is 10.9 Å². The summed E-state index contributed by atoms with van der Waals surface area (Å²) in [6.45, 7) is 10.2. The molecule has 1 aromatic heterocycles. The predicted octanol–water partition coefficient (Wildman–Crippen LogP) is 3.69. The minimum Gasteiger partial charge on any atom is -0.309 e. The van der Waals surface area contributed by atoms with E-state index in [1.807, 2.05) is 11.3 Å². The summed E-state index contributed by atoms with van der Waals surface area (Å²) in [5, 5.41) is 5.71. The van der Waals surface area contributed by atoms with Crippen LogP contribution in [0.3, 0.4) is 0 Å². The zero-order valence-corrected chi connectivity index (χ0v) is 10.4. The standard InChI is InChI=1S/C12H21NS/c1-9(2)10(3)8-13-11(4)12-6-5-7-14-12/h5-7,9-11,13H,8H2,1-4H3. The first-order valence-corrected chi connectivity index (χ1v) is 6.26. The van der Waals surface area contributed by atoms with Crippen LogP contribution in [0.2, 0.25) is 0 Å². The van der Waals surface area contributed by atoms with Gasteiger partial charge in [-0.2, -0.15) is 0 Å². The Kier molecular flexibility index (Phi) is 4.63. The molecule has 0 saturated carbocycles. The van der Waals surface area contributed by atoms with Gasteiger partial charge in [0.25, 0.3) is 0 Å². The second-order valence-corrected chi connectivity index (χ2v) is 5.35. The van der Waals surface area contributed by atoms with Gasteiger partial charge in [0.15, 0.2) is 0 Å². The van der Waals surface area contributed by atoms with Gasteiger partial charge < -0.3 is 5.32 Å². The Bertz CT molecular complexity index is 241. The van der Waals surface area contributed by atoms with E-state index in [4.69, 9.17) is 0 Å². The lowest BCUT2D eigenvalue weighted by Crippen LogP contribution is -2.26. The lowest BCUT2D eigenvalue weighted by molar-refractivity contribution is 0.377. The minimum atomic E-state index is 0.496. The van der Waals surface area contributed by atoms with Crippen molar-refractivity contribution in [1.82, 2.24) is 5.32 Å². The molecule has 1 rings (SSSR count). The molecule has 14 heavy (non-hydrogen) atoms. The van der Waals surface area contributed by atoms with Gasteiger partial charge in [-0.05, 0) is 36.8 Å². The lowest BCUT2D eigenvalue weighted by atomic mass is 9.98. The van der Waals surface area contributed by atoms with E-state index in [1.165, 1.54) is 4.88 Å². The molecule has 1 N–H and O–H groups in total. The van der Waals surface area contributed by atoms with E-state index in [0.29, 0.717) is 6.04 Å². The summed E-state index contributed by atoms with van der Waals surface area (Å²) < 4.78 is 0. The lowest BCUT2D eigenvalue weighted by Gasteiger charge is -2.19. The molecule has 0 radical (unpaired) electrons. The average molecular weight is 211 g/mol. The maximum atomic E-state index is 3.58. The number of nitrogens with one attached hydrogen (secondary N) is 1. The first kappa shape index (κ1) is 11.7. The van der Waals surface area contributed by atoms with E-state index in [-0.39, 0.29) is 0 Å². The largest absolute Gasteiger partial charge is 0.309 e. The van der Waals surface area contributed by atoms with Crippen LogP contribution in [0, 0.1) is 11.8 Å². The van der Waals surface area contributed by atoms with E-state index in [1.54, 1.807) is 0 Å². The summed E-state index contributed by atoms with van der Waals surface area (Å²) in [6, 6.07) is 4.81. The Balaban J connectivity index is 2.32. The summed E-state index contributed by atoms with van der Waals surface area (Å²) in [4.78, 5) is 1.43. The van der Waals surface area contributed by atoms with Crippen LogP contribution in [0.1, 0.15) is 38.6 Å². The molecule has 0 aliphatic carbocycles. The van der Waals surface area contributed by atoms with Gasteiger partial charge in [0.1, 0.15) is 0 Å². The van der Waals surface area contributed by atoms with Crippen LogP contribution in [0.4, 0.5) is 0 Å². The molecule has 0 spiro atoms. The fourth-order valence-electron chi connectivity index (χ4n) is 1.24. The van der Waals surface area contributed by atoms with E-state index in [0.717, 1.165) is 18.4 Å². The fourth-order valence-corrected chi connectivity index (χ4v) is 2.00. The van der Waals surface area contributed by atoms with Crippen LogP contribution in [0.25, 0.3) is 0 Å². The van der Waals surface area contributed by atoms with E-state index >= 15 is 0 Å². The molecule has 2 atom stereocenters. The van der Waals surface area contributed by atoms with Crippen LogP contribution in [-0.4, -0.2) is 6.54 Å². The van der Waals surface area contributed by atoms with Crippen LogP contribution < -0.4 is 5.32 Å². The van der Waals surface area contributed by atoms with Gasteiger partial charge in [-0.15, -0.1) is 11.3 Å². The monoisotopic (exact) mass is 211 g/mol. The van der Waals surface area contributed by atoms with Crippen molar-refractivity contribution < 1.29 is 0 Å². The molecule has 0 saturated heterocycles. The van der Waals surface area contributed by atoms with Crippen LogP contribution in [-0.2, 0) is 0 Å². The molecule has 1 heterocycles. The van der Waals surface area contributed by atoms with Crippen molar-refractivity contribution in [3.05, 3.63) is 22.4 Å². The molecule has 1 nitrogen and oxygen atoms in total. The van der Waals surface area contributed by atoms with Gasteiger partial charge in [0.2, 0.25) is 0 Å². The Labute approximate surface area is 91.5 Å². The van der Waals surface area contributed by atoms with Crippen molar-refractivity contribution in [2.24, 2.45) is 11.8 Å². The van der Waals surface area contributed by atoms with Gasteiger partial charge >= 0.3 is 0 Å². The van der Waals surface area contributed by atoms with Crippen molar-refractivity contribution in [2.75, 3.05) is 6.54 Å². The minimum absolute atomic E-state index is 0.496. The maximum Gasteiger partial charge on any atom is 0.0386 e. The van der Waals surface area contributed by atoms with Crippen LogP contribution >= 0.6 is 11.3 Å². The van der Waals surface area contributed by atoms with E-state index in [9.17, 15) is 0 Å². The molecule has 2 unspecified atom stereocenters. The third kappa shape index (κ3) is 3.43. The van der Waals surface area contributed by atoms with Crippen LogP contribution in [0.5, 0.6) is 0 Å². The van der Waals surface area contributed by atoms with Crippen molar-refractivity contribution in [3.8, 4) is 0 Å². The number of hydrogen-bond donors (Lipinski definition) is 1. The Morgan fingerprint density at radius 2 is 2.00 bits per heavy atom. The Morgan fingerprint density at radius 1 is 1.29 bits per heavy atom.